The molecule has 1 aromatic rings. The number of aliphatic carboxylic acids is 1. The Morgan fingerprint density at radius 2 is 2.19 bits per heavy atom. The third-order valence-corrected chi connectivity index (χ3v) is 3.11. The van der Waals surface area contributed by atoms with Gasteiger partial charge >= 0.3 is 11.8 Å². The topological polar surface area (TPSA) is 114 Å². The number of ether oxygens (including phenoxy) is 1. The number of carboxylic acid groups (broad SMARTS) is 1. The number of nitrogens with zero attached hydrogens (tertiary/aromatic N) is 3. The van der Waals surface area contributed by atoms with E-state index in [1.165, 1.54) is 7.11 Å². The lowest BCUT2D eigenvalue weighted by Crippen LogP contribution is -2.22. The lowest BCUT2D eigenvalue weighted by molar-refractivity contribution is -0.345. The standard InChI is InChI=1S/C13H13N3O5/c1-21-10-5-3-2-4-9(10)13(7-6-12(17)18)14-8-11(15-13)16(19)20/h2-5,8H,6-7H2,1H3,(H,17,18)/t13-/m0/s1. The summed E-state index contributed by atoms with van der Waals surface area (Å²) in [7, 11) is 1.46. The van der Waals surface area contributed by atoms with E-state index in [2.05, 4.69) is 9.98 Å². The molecule has 0 spiro atoms. The number of amidine groups is 1. The van der Waals surface area contributed by atoms with Gasteiger partial charge in [-0.15, -0.1) is 0 Å². The summed E-state index contributed by atoms with van der Waals surface area (Å²) >= 11 is 0. The van der Waals surface area contributed by atoms with Gasteiger partial charge in [0.1, 0.15) is 12.0 Å². The Morgan fingerprint density at radius 3 is 2.76 bits per heavy atom. The molecule has 1 aromatic carbocycles. The van der Waals surface area contributed by atoms with Gasteiger partial charge in [-0.3, -0.25) is 4.79 Å². The van der Waals surface area contributed by atoms with Crippen molar-refractivity contribution in [1.82, 2.24) is 0 Å². The lowest BCUT2D eigenvalue weighted by atomic mass is 9.94. The average Bonchev–Trinajstić information content (AvgIpc) is 2.91. The zero-order chi connectivity index (χ0) is 15.5. The SMILES string of the molecule is COc1ccccc1[C@@]1(CCC(=O)O)N=CC([N+](=O)[O-])=N1. The second kappa shape index (κ2) is 5.70. The Hall–Kier alpha value is -2.77. The molecule has 0 aliphatic carbocycles. The summed E-state index contributed by atoms with van der Waals surface area (Å²) < 4.78 is 5.22. The highest BCUT2D eigenvalue weighted by Crippen LogP contribution is 2.40. The maximum absolute atomic E-state index is 10.8. The van der Waals surface area contributed by atoms with Gasteiger partial charge in [-0.05, 0) is 22.0 Å². The normalized spacial score (nSPS) is 20.1. The number of carboxylic acids is 1. The van der Waals surface area contributed by atoms with Crippen molar-refractivity contribution in [1.29, 1.82) is 0 Å². The van der Waals surface area contributed by atoms with Crippen LogP contribution in [0.25, 0.3) is 0 Å². The van der Waals surface area contributed by atoms with E-state index in [1.807, 2.05) is 0 Å². The molecule has 0 saturated heterocycles. The molecule has 1 atom stereocenters. The van der Waals surface area contributed by atoms with E-state index < -0.39 is 22.4 Å². The maximum atomic E-state index is 10.8. The Labute approximate surface area is 119 Å². The largest absolute Gasteiger partial charge is 0.496 e. The number of nitro groups is 1. The van der Waals surface area contributed by atoms with Crippen molar-refractivity contribution in [3.05, 3.63) is 39.9 Å². The van der Waals surface area contributed by atoms with Gasteiger partial charge in [-0.2, -0.15) is 0 Å². The van der Waals surface area contributed by atoms with Gasteiger partial charge in [0.15, 0.2) is 0 Å². The first-order valence-corrected chi connectivity index (χ1v) is 6.13. The third kappa shape index (κ3) is 2.88. The summed E-state index contributed by atoms with van der Waals surface area (Å²) in [6.07, 6.45) is 0.842. The minimum atomic E-state index is -1.33. The molecule has 8 nitrogen and oxygen atoms in total. The fourth-order valence-electron chi connectivity index (χ4n) is 2.14. The van der Waals surface area contributed by atoms with Gasteiger partial charge in [-0.1, -0.05) is 12.1 Å². The van der Waals surface area contributed by atoms with Crippen LogP contribution < -0.4 is 4.74 Å². The molecule has 0 saturated carbocycles. The van der Waals surface area contributed by atoms with E-state index in [4.69, 9.17) is 9.84 Å². The number of aliphatic imine (C=N–C) groups is 2. The average molecular weight is 291 g/mol. The summed E-state index contributed by atoms with van der Waals surface area (Å²) in [4.78, 5) is 29.2. The summed E-state index contributed by atoms with van der Waals surface area (Å²) in [6.45, 7) is 0. The number of benzene rings is 1. The summed E-state index contributed by atoms with van der Waals surface area (Å²) in [5, 5.41) is 19.7. The van der Waals surface area contributed by atoms with Crippen LogP contribution in [0.1, 0.15) is 18.4 Å². The Bertz CT molecular complexity index is 640. The Kier molecular flexibility index (Phi) is 3.97. The monoisotopic (exact) mass is 291 g/mol. The molecule has 0 amide bonds. The van der Waals surface area contributed by atoms with Gasteiger partial charge in [0.05, 0.1) is 19.1 Å². The molecule has 21 heavy (non-hydrogen) atoms. The van der Waals surface area contributed by atoms with Crippen LogP contribution in [0.4, 0.5) is 0 Å². The minimum Gasteiger partial charge on any atom is -0.496 e. The van der Waals surface area contributed by atoms with Crippen LogP contribution in [0, 0.1) is 10.1 Å². The van der Waals surface area contributed by atoms with E-state index in [1.54, 1.807) is 24.3 Å². The zero-order valence-electron chi connectivity index (χ0n) is 11.2. The van der Waals surface area contributed by atoms with Crippen molar-refractivity contribution in [2.75, 3.05) is 7.11 Å². The first-order valence-electron chi connectivity index (χ1n) is 6.13. The van der Waals surface area contributed by atoms with Gasteiger partial charge in [0.25, 0.3) is 5.66 Å². The van der Waals surface area contributed by atoms with Crippen LogP contribution in [0.2, 0.25) is 0 Å². The number of hydrogen-bond donors (Lipinski definition) is 1. The van der Waals surface area contributed by atoms with Crippen LogP contribution in [0.5, 0.6) is 5.75 Å². The molecule has 0 unspecified atom stereocenters. The van der Waals surface area contributed by atoms with Crippen LogP contribution in [0.3, 0.4) is 0 Å². The van der Waals surface area contributed by atoms with E-state index in [0.29, 0.717) is 11.3 Å². The molecule has 1 heterocycles. The van der Waals surface area contributed by atoms with Crippen molar-refractivity contribution in [3.63, 3.8) is 0 Å². The first kappa shape index (κ1) is 14.6. The number of hydrogen-bond acceptors (Lipinski definition) is 6. The lowest BCUT2D eigenvalue weighted by Gasteiger charge is -2.19. The molecular formula is C13H13N3O5. The minimum absolute atomic E-state index is 0.0105. The highest BCUT2D eigenvalue weighted by molar-refractivity contribution is 6.26. The van der Waals surface area contributed by atoms with Crippen LogP contribution in [-0.4, -0.2) is 35.2 Å². The number of carbonyl (C=O) groups is 1. The Morgan fingerprint density at radius 1 is 1.48 bits per heavy atom. The maximum Gasteiger partial charge on any atom is 0.379 e. The number of para-hydroxylation sites is 1. The molecule has 2 rings (SSSR count). The van der Waals surface area contributed by atoms with Crippen molar-refractivity contribution in [3.8, 4) is 5.75 Å². The fraction of sp³-hybridized carbons (Fsp3) is 0.308. The van der Waals surface area contributed by atoms with Gasteiger partial charge in [0.2, 0.25) is 0 Å². The van der Waals surface area contributed by atoms with E-state index in [-0.39, 0.29) is 12.8 Å². The summed E-state index contributed by atoms with van der Waals surface area (Å²) in [6, 6.07) is 6.80. The molecule has 1 N–H and O–H groups in total. The molecular weight excluding hydrogens is 278 g/mol. The van der Waals surface area contributed by atoms with E-state index in [0.717, 1.165) is 6.21 Å². The molecule has 0 radical (unpaired) electrons. The van der Waals surface area contributed by atoms with Crippen LogP contribution in [0.15, 0.2) is 34.3 Å². The molecule has 8 heteroatoms. The molecule has 0 aromatic heterocycles. The predicted molar refractivity (Wildman–Crippen MR) is 74.5 cm³/mol. The van der Waals surface area contributed by atoms with Crippen molar-refractivity contribution in [2.24, 2.45) is 9.98 Å². The summed E-state index contributed by atoms with van der Waals surface area (Å²) in [5.74, 6) is -0.969. The highest BCUT2D eigenvalue weighted by Gasteiger charge is 2.44. The first-order chi connectivity index (χ1) is 9.98. The quantitative estimate of drug-likeness (QED) is 0.651. The van der Waals surface area contributed by atoms with Crippen molar-refractivity contribution in [2.45, 2.75) is 18.5 Å². The van der Waals surface area contributed by atoms with E-state index in [9.17, 15) is 14.9 Å². The smallest absolute Gasteiger partial charge is 0.379 e. The molecule has 1 aliphatic rings. The predicted octanol–water partition coefficient (Wildman–Crippen LogP) is 1.47. The number of rotatable bonds is 5. The number of methoxy groups -OCH3 is 1. The van der Waals surface area contributed by atoms with Crippen LogP contribution in [-0.2, 0) is 10.5 Å². The van der Waals surface area contributed by atoms with Gasteiger partial charge < -0.3 is 20.0 Å². The molecule has 110 valence electrons. The molecule has 0 fully saturated rings. The second-order valence-corrected chi connectivity index (χ2v) is 4.40. The van der Waals surface area contributed by atoms with Crippen LogP contribution >= 0.6 is 0 Å². The third-order valence-electron chi connectivity index (χ3n) is 3.11. The fourth-order valence-corrected chi connectivity index (χ4v) is 2.14. The Balaban J connectivity index is 2.50. The van der Waals surface area contributed by atoms with Crippen molar-refractivity contribution < 1.29 is 19.6 Å². The van der Waals surface area contributed by atoms with E-state index >= 15 is 0 Å². The van der Waals surface area contributed by atoms with Crippen molar-refractivity contribution >= 4 is 18.0 Å². The zero-order valence-corrected chi connectivity index (χ0v) is 11.2. The summed E-state index contributed by atoms with van der Waals surface area (Å²) in [5.41, 5.74) is -0.824. The van der Waals surface area contributed by atoms with Gasteiger partial charge in [-0.25, -0.2) is 4.99 Å². The van der Waals surface area contributed by atoms with Gasteiger partial charge in [0, 0.05) is 6.42 Å². The highest BCUT2D eigenvalue weighted by atomic mass is 16.6. The second-order valence-electron chi connectivity index (χ2n) is 4.40. The molecule has 0 bridgehead atoms. The molecule has 1 aliphatic heterocycles.